The second-order valence-corrected chi connectivity index (χ2v) is 10.4. The number of rotatable bonds is 12. The van der Waals surface area contributed by atoms with Gasteiger partial charge in [-0.2, -0.15) is 15.8 Å². The topological polar surface area (TPSA) is 114 Å². The van der Waals surface area contributed by atoms with E-state index in [1.807, 2.05) is 0 Å². The van der Waals surface area contributed by atoms with Crippen molar-refractivity contribution in [2.45, 2.75) is 122 Å². The molecule has 0 radical (unpaired) electrons. The molecule has 5 atom stereocenters. The van der Waals surface area contributed by atoms with E-state index in [1.165, 1.54) is 38.5 Å². The standard InChI is InChI=1S/C27H40N4O2/c1-3-5-6-7-8-9-10-11-12-14-23-25(18-28,19-29)26(20-30)22-17-21(13-4-2)15-16-27(22,32-23)33-24(26)31/h21-23,31H,3-17H2,1-2H3. The van der Waals surface area contributed by atoms with Gasteiger partial charge in [0, 0.05) is 6.42 Å². The highest BCUT2D eigenvalue weighted by atomic mass is 16.7. The van der Waals surface area contributed by atoms with E-state index in [0.717, 1.165) is 38.5 Å². The number of nitrogens with one attached hydrogen (secondary N) is 1. The fraction of sp³-hybridized carbons (Fsp3) is 0.852. The van der Waals surface area contributed by atoms with E-state index in [4.69, 9.17) is 14.9 Å². The minimum Gasteiger partial charge on any atom is -0.447 e. The van der Waals surface area contributed by atoms with Gasteiger partial charge in [0.25, 0.3) is 0 Å². The van der Waals surface area contributed by atoms with Crippen LogP contribution in [0, 0.1) is 62.1 Å². The number of ether oxygens (including phenoxy) is 2. The average molecular weight is 453 g/mol. The molecule has 0 aromatic heterocycles. The maximum absolute atomic E-state index is 10.4. The third-order valence-electron chi connectivity index (χ3n) is 8.40. The molecule has 0 amide bonds. The van der Waals surface area contributed by atoms with E-state index in [0.29, 0.717) is 25.2 Å². The van der Waals surface area contributed by atoms with E-state index in [-0.39, 0.29) is 5.90 Å². The Morgan fingerprint density at radius 3 is 2.09 bits per heavy atom. The molecule has 3 fully saturated rings. The van der Waals surface area contributed by atoms with Crippen LogP contribution in [-0.2, 0) is 9.47 Å². The monoisotopic (exact) mass is 452 g/mol. The van der Waals surface area contributed by atoms with Crippen molar-refractivity contribution in [1.82, 2.24) is 0 Å². The van der Waals surface area contributed by atoms with Gasteiger partial charge >= 0.3 is 0 Å². The zero-order valence-corrected chi connectivity index (χ0v) is 20.5. The minimum absolute atomic E-state index is 0.232. The Kier molecular flexibility index (Phi) is 8.42. The summed E-state index contributed by atoms with van der Waals surface area (Å²) in [5, 5.41) is 39.6. The van der Waals surface area contributed by atoms with E-state index in [9.17, 15) is 15.8 Å². The molecule has 5 unspecified atom stereocenters. The summed E-state index contributed by atoms with van der Waals surface area (Å²) in [5.74, 6) is -1.29. The lowest BCUT2D eigenvalue weighted by atomic mass is 9.50. The van der Waals surface area contributed by atoms with Crippen LogP contribution in [0.4, 0.5) is 0 Å². The molecule has 2 aliphatic heterocycles. The Hall–Kier alpha value is -2.10. The molecule has 2 saturated heterocycles. The molecule has 3 rings (SSSR count). The molecule has 180 valence electrons. The number of hydrogen-bond acceptors (Lipinski definition) is 6. The molecule has 0 aromatic rings. The second kappa shape index (κ2) is 10.9. The first-order valence-electron chi connectivity index (χ1n) is 13.2. The molecule has 3 aliphatic rings. The molecular formula is C27H40N4O2. The zero-order chi connectivity index (χ0) is 24.0. The molecule has 2 bridgehead atoms. The highest BCUT2D eigenvalue weighted by Crippen LogP contribution is 2.67. The predicted octanol–water partition coefficient (Wildman–Crippen LogP) is 6.77. The molecule has 0 spiro atoms. The lowest BCUT2D eigenvalue weighted by Crippen LogP contribution is -2.64. The van der Waals surface area contributed by atoms with Gasteiger partial charge in [-0.3, -0.25) is 5.41 Å². The molecule has 2 heterocycles. The summed E-state index contributed by atoms with van der Waals surface area (Å²) in [4.78, 5) is 0. The molecule has 6 heteroatoms. The molecule has 1 N–H and O–H groups in total. The Balaban J connectivity index is 1.73. The van der Waals surface area contributed by atoms with Crippen molar-refractivity contribution < 1.29 is 9.47 Å². The van der Waals surface area contributed by atoms with Gasteiger partial charge in [0.2, 0.25) is 11.7 Å². The zero-order valence-electron chi connectivity index (χ0n) is 20.5. The van der Waals surface area contributed by atoms with Gasteiger partial charge in [0.15, 0.2) is 10.8 Å². The quantitative estimate of drug-likeness (QED) is 0.328. The van der Waals surface area contributed by atoms with E-state index in [1.54, 1.807) is 0 Å². The number of nitriles is 3. The summed E-state index contributed by atoms with van der Waals surface area (Å²) in [6, 6.07) is 6.69. The number of hydrogen-bond donors (Lipinski definition) is 1. The summed E-state index contributed by atoms with van der Waals surface area (Å²) in [6.07, 6.45) is 14.8. The molecule has 1 aliphatic carbocycles. The molecule has 33 heavy (non-hydrogen) atoms. The Morgan fingerprint density at radius 2 is 1.52 bits per heavy atom. The van der Waals surface area contributed by atoms with Crippen LogP contribution < -0.4 is 0 Å². The SMILES string of the molecule is CCCCCCCCCCCC1OC23CCC(CCC)CC2C(C#N)(C(=N)O3)C1(C#N)C#N. The van der Waals surface area contributed by atoms with Gasteiger partial charge in [-0.15, -0.1) is 0 Å². The van der Waals surface area contributed by atoms with Crippen molar-refractivity contribution in [2.24, 2.45) is 22.7 Å². The fourth-order valence-corrected chi connectivity index (χ4v) is 6.60. The summed E-state index contributed by atoms with van der Waals surface area (Å²) in [7, 11) is 0. The highest BCUT2D eigenvalue weighted by molar-refractivity contribution is 5.89. The molecular weight excluding hydrogens is 412 g/mol. The van der Waals surface area contributed by atoms with Crippen molar-refractivity contribution in [3.05, 3.63) is 0 Å². The van der Waals surface area contributed by atoms with Crippen LogP contribution in [0.1, 0.15) is 110 Å². The molecule has 0 aromatic carbocycles. The van der Waals surface area contributed by atoms with Crippen LogP contribution in [-0.4, -0.2) is 17.8 Å². The maximum atomic E-state index is 10.4. The summed E-state index contributed by atoms with van der Waals surface area (Å²) in [6.45, 7) is 4.37. The second-order valence-electron chi connectivity index (χ2n) is 10.4. The number of unbranched alkanes of at least 4 members (excludes halogenated alkanes) is 8. The fourth-order valence-electron chi connectivity index (χ4n) is 6.60. The molecule has 1 saturated carbocycles. The third-order valence-corrected chi connectivity index (χ3v) is 8.40. The van der Waals surface area contributed by atoms with Crippen LogP contribution in [0.3, 0.4) is 0 Å². The first-order chi connectivity index (χ1) is 16.0. The predicted molar refractivity (Wildman–Crippen MR) is 126 cm³/mol. The van der Waals surface area contributed by atoms with Gasteiger partial charge < -0.3 is 9.47 Å². The normalized spacial score (nSPS) is 33.9. The smallest absolute Gasteiger partial charge is 0.217 e. The highest BCUT2D eigenvalue weighted by Gasteiger charge is 2.80. The lowest BCUT2D eigenvalue weighted by molar-refractivity contribution is -0.297. The molecule has 6 nitrogen and oxygen atoms in total. The Bertz CT molecular complexity index is 807. The van der Waals surface area contributed by atoms with Crippen LogP contribution >= 0.6 is 0 Å². The van der Waals surface area contributed by atoms with Gasteiger partial charge in [0.05, 0.1) is 30.2 Å². The first-order valence-corrected chi connectivity index (χ1v) is 13.2. The van der Waals surface area contributed by atoms with Gasteiger partial charge in [-0.1, -0.05) is 84.5 Å². The first kappa shape index (κ1) is 25.5. The van der Waals surface area contributed by atoms with Crippen molar-refractivity contribution in [2.75, 3.05) is 0 Å². The van der Waals surface area contributed by atoms with Crippen LogP contribution in [0.15, 0.2) is 0 Å². The van der Waals surface area contributed by atoms with Gasteiger partial charge in [-0.05, 0) is 25.2 Å². The maximum Gasteiger partial charge on any atom is 0.217 e. The summed E-state index contributed by atoms with van der Waals surface area (Å²) in [5.41, 5.74) is -3.26. The summed E-state index contributed by atoms with van der Waals surface area (Å²) >= 11 is 0. The van der Waals surface area contributed by atoms with Crippen LogP contribution in [0.5, 0.6) is 0 Å². The minimum atomic E-state index is -1.71. The average Bonchev–Trinajstić information content (AvgIpc) is 3.02. The van der Waals surface area contributed by atoms with E-state index < -0.39 is 28.6 Å². The third kappa shape index (κ3) is 4.26. The Morgan fingerprint density at radius 1 is 0.879 bits per heavy atom. The van der Waals surface area contributed by atoms with Crippen molar-refractivity contribution >= 4 is 5.90 Å². The van der Waals surface area contributed by atoms with Crippen molar-refractivity contribution in [3.8, 4) is 18.2 Å². The number of nitrogens with zero attached hydrogens (tertiary/aromatic N) is 3. The Labute approximate surface area is 199 Å². The van der Waals surface area contributed by atoms with Crippen LogP contribution in [0.25, 0.3) is 0 Å². The van der Waals surface area contributed by atoms with Gasteiger partial charge in [-0.25, -0.2) is 0 Å². The van der Waals surface area contributed by atoms with Crippen LogP contribution in [0.2, 0.25) is 0 Å². The van der Waals surface area contributed by atoms with E-state index in [2.05, 4.69) is 32.1 Å². The lowest BCUT2D eigenvalue weighted by Gasteiger charge is -2.52. The van der Waals surface area contributed by atoms with Gasteiger partial charge in [0.1, 0.15) is 0 Å². The largest absolute Gasteiger partial charge is 0.447 e. The van der Waals surface area contributed by atoms with E-state index >= 15 is 0 Å². The van der Waals surface area contributed by atoms with Crippen molar-refractivity contribution in [1.29, 1.82) is 21.2 Å². The van der Waals surface area contributed by atoms with Crippen molar-refractivity contribution in [3.63, 3.8) is 0 Å². The summed E-state index contributed by atoms with van der Waals surface area (Å²) < 4.78 is 12.5.